The molecule has 10 nitrogen and oxygen atoms in total. The van der Waals surface area contributed by atoms with Crippen molar-refractivity contribution in [1.82, 2.24) is 4.31 Å². The van der Waals surface area contributed by atoms with E-state index in [-0.39, 0.29) is 21.7 Å². The largest absolute Gasteiger partial charge is 0.465 e. The van der Waals surface area contributed by atoms with E-state index in [4.69, 9.17) is 0 Å². The van der Waals surface area contributed by atoms with Crippen LogP contribution in [0.5, 0.6) is 0 Å². The molecule has 0 saturated carbocycles. The van der Waals surface area contributed by atoms with Gasteiger partial charge in [-0.15, -0.1) is 0 Å². The molecule has 0 atom stereocenters. The molecule has 2 rings (SSSR count). The molecule has 0 bridgehead atoms. The Labute approximate surface area is 187 Å². The molecule has 0 aliphatic rings. The summed E-state index contributed by atoms with van der Waals surface area (Å²) in [5.41, 5.74) is 0.610. The first kappa shape index (κ1) is 25.3. The lowest BCUT2D eigenvalue weighted by Gasteiger charge is -2.18. The number of methoxy groups -OCH3 is 2. The number of rotatable bonds is 7. The Kier molecular flexibility index (Phi) is 7.33. The molecule has 32 heavy (non-hydrogen) atoms. The number of aryl methyl sites for hydroxylation is 1. The number of benzene rings is 2. The monoisotopic (exact) mass is 484 g/mol. The summed E-state index contributed by atoms with van der Waals surface area (Å²) in [6.45, 7) is 3.25. The van der Waals surface area contributed by atoms with Crippen molar-refractivity contribution in [2.24, 2.45) is 0 Å². The molecule has 0 heterocycles. The predicted molar refractivity (Wildman–Crippen MR) is 117 cm³/mol. The summed E-state index contributed by atoms with van der Waals surface area (Å²) in [7, 11) is -3.36. The summed E-state index contributed by atoms with van der Waals surface area (Å²) in [4.78, 5) is 23.4. The van der Waals surface area contributed by atoms with Gasteiger partial charge >= 0.3 is 11.9 Å². The zero-order valence-corrected chi connectivity index (χ0v) is 20.0. The van der Waals surface area contributed by atoms with Crippen molar-refractivity contribution in [2.75, 3.05) is 33.0 Å². The smallest absolute Gasteiger partial charge is 0.339 e. The number of esters is 2. The van der Waals surface area contributed by atoms with Gasteiger partial charge in [-0.3, -0.25) is 4.72 Å². The first-order valence-electron chi connectivity index (χ1n) is 9.13. The van der Waals surface area contributed by atoms with Gasteiger partial charge in [0.25, 0.3) is 10.0 Å². The quantitative estimate of drug-likeness (QED) is 0.589. The van der Waals surface area contributed by atoms with Gasteiger partial charge in [0.05, 0.1) is 35.9 Å². The fraction of sp³-hybridized carbons (Fsp3) is 0.300. The Morgan fingerprint density at radius 1 is 0.906 bits per heavy atom. The first-order valence-corrected chi connectivity index (χ1v) is 12.1. The van der Waals surface area contributed by atoms with E-state index in [1.54, 1.807) is 13.8 Å². The maximum Gasteiger partial charge on any atom is 0.339 e. The van der Waals surface area contributed by atoms with Crippen LogP contribution in [0.3, 0.4) is 0 Å². The van der Waals surface area contributed by atoms with Crippen molar-refractivity contribution in [3.63, 3.8) is 0 Å². The molecular formula is C20H24N2O8S2. The van der Waals surface area contributed by atoms with Crippen molar-refractivity contribution in [3.8, 4) is 0 Å². The lowest BCUT2D eigenvalue weighted by Crippen LogP contribution is -2.23. The van der Waals surface area contributed by atoms with Crippen LogP contribution in [-0.4, -0.2) is 61.4 Å². The van der Waals surface area contributed by atoms with Crippen molar-refractivity contribution in [3.05, 3.63) is 52.6 Å². The standard InChI is InChI=1S/C20H24N2O8S2/c1-12-9-15(32(27,28)22(3)4)11-17(13(12)2)21-31(25,26)18-10-14(19(23)29-5)7-8-16(18)20(24)30-6/h7-11,21H,1-6H3. The molecule has 0 amide bonds. The van der Waals surface area contributed by atoms with E-state index in [1.807, 2.05) is 0 Å². The highest BCUT2D eigenvalue weighted by Gasteiger charge is 2.27. The first-order chi connectivity index (χ1) is 14.8. The maximum atomic E-state index is 13.2. The van der Waals surface area contributed by atoms with Crippen molar-refractivity contribution >= 4 is 37.7 Å². The second-order valence-electron chi connectivity index (χ2n) is 7.00. The molecular weight excluding hydrogens is 460 g/mol. The van der Waals surface area contributed by atoms with Crippen LogP contribution >= 0.6 is 0 Å². The molecule has 0 radical (unpaired) electrons. The Morgan fingerprint density at radius 2 is 1.50 bits per heavy atom. The summed E-state index contributed by atoms with van der Waals surface area (Å²) in [6, 6.07) is 5.98. The van der Waals surface area contributed by atoms with Gasteiger partial charge in [-0.1, -0.05) is 0 Å². The average Bonchev–Trinajstić information content (AvgIpc) is 2.74. The van der Waals surface area contributed by atoms with Crippen LogP contribution in [0.25, 0.3) is 0 Å². The third-order valence-corrected chi connectivity index (χ3v) is 7.96. The third kappa shape index (κ3) is 4.92. The van der Waals surface area contributed by atoms with E-state index in [0.717, 1.165) is 30.7 Å². The van der Waals surface area contributed by atoms with Crippen LogP contribution in [-0.2, 0) is 29.5 Å². The van der Waals surface area contributed by atoms with Gasteiger partial charge in [0, 0.05) is 14.1 Å². The molecule has 12 heteroatoms. The van der Waals surface area contributed by atoms with Gasteiger partial charge in [-0.25, -0.2) is 30.7 Å². The molecule has 0 spiro atoms. The van der Waals surface area contributed by atoms with Crippen LogP contribution in [0.4, 0.5) is 5.69 Å². The number of nitrogens with one attached hydrogen (secondary N) is 1. The summed E-state index contributed by atoms with van der Waals surface area (Å²) in [5.74, 6) is -1.73. The van der Waals surface area contributed by atoms with E-state index in [9.17, 15) is 26.4 Å². The highest BCUT2D eigenvalue weighted by atomic mass is 32.2. The van der Waals surface area contributed by atoms with Crippen molar-refractivity contribution in [1.29, 1.82) is 0 Å². The summed E-state index contributed by atoms with van der Waals surface area (Å²) >= 11 is 0. The zero-order chi connectivity index (χ0) is 24.4. The van der Waals surface area contributed by atoms with Gasteiger partial charge in [-0.2, -0.15) is 0 Å². The second kappa shape index (κ2) is 9.27. The number of nitrogens with zero attached hydrogens (tertiary/aromatic N) is 1. The highest BCUT2D eigenvalue weighted by molar-refractivity contribution is 7.92. The number of hydrogen-bond donors (Lipinski definition) is 1. The molecule has 2 aromatic carbocycles. The Balaban J connectivity index is 2.70. The minimum Gasteiger partial charge on any atom is -0.465 e. The van der Waals surface area contributed by atoms with Crippen molar-refractivity contribution in [2.45, 2.75) is 23.6 Å². The lowest BCUT2D eigenvalue weighted by molar-refractivity contribution is 0.0583. The second-order valence-corrected chi connectivity index (χ2v) is 10.8. The molecule has 174 valence electrons. The fourth-order valence-electron chi connectivity index (χ4n) is 2.76. The molecule has 0 saturated heterocycles. The minimum absolute atomic E-state index is 0.00436. The summed E-state index contributed by atoms with van der Waals surface area (Å²) < 4.78 is 64.2. The zero-order valence-electron chi connectivity index (χ0n) is 18.4. The Bertz CT molecular complexity index is 1280. The summed E-state index contributed by atoms with van der Waals surface area (Å²) in [6.07, 6.45) is 0. The Hall–Kier alpha value is -2.96. The topological polar surface area (TPSA) is 136 Å². The number of hydrogen-bond acceptors (Lipinski definition) is 8. The highest BCUT2D eigenvalue weighted by Crippen LogP contribution is 2.29. The minimum atomic E-state index is -4.45. The van der Waals surface area contributed by atoms with E-state index >= 15 is 0 Å². The van der Waals surface area contributed by atoms with Gasteiger partial charge < -0.3 is 9.47 Å². The molecule has 2 aromatic rings. The predicted octanol–water partition coefficient (Wildman–Crippen LogP) is 1.93. The molecule has 0 aromatic heterocycles. The van der Waals surface area contributed by atoms with Crippen LogP contribution in [0.15, 0.2) is 40.1 Å². The molecule has 0 aliphatic heterocycles. The van der Waals surface area contributed by atoms with E-state index in [2.05, 4.69) is 14.2 Å². The fourth-order valence-corrected chi connectivity index (χ4v) is 5.11. The summed E-state index contributed by atoms with van der Waals surface area (Å²) in [5, 5.41) is 0. The van der Waals surface area contributed by atoms with E-state index < -0.39 is 36.9 Å². The van der Waals surface area contributed by atoms with Gasteiger partial charge in [-0.05, 0) is 55.3 Å². The molecule has 0 aliphatic carbocycles. The van der Waals surface area contributed by atoms with Crippen LogP contribution in [0.2, 0.25) is 0 Å². The van der Waals surface area contributed by atoms with Crippen LogP contribution in [0, 0.1) is 13.8 Å². The average molecular weight is 485 g/mol. The van der Waals surface area contributed by atoms with Gasteiger partial charge in [0.1, 0.15) is 4.90 Å². The van der Waals surface area contributed by atoms with E-state index in [0.29, 0.717) is 11.1 Å². The van der Waals surface area contributed by atoms with Gasteiger partial charge in [0.2, 0.25) is 10.0 Å². The Morgan fingerprint density at radius 3 is 2.03 bits per heavy atom. The van der Waals surface area contributed by atoms with Crippen LogP contribution < -0.4 is 4.72 Å². The number of sulfonamides is 2. The number of carbonyl (C=O) groups excluding carboxylic acids is 2. The maximum absolute atomic E-state index is 13.2. The third-order valence-electron chi connectivity index (χ3n) is 4.76. The molecule has 0 unspecified atom stereocenters. The number of ether oxygens (including phenoxy) is 2. The van der Waals surface area contributed by atoms with E-state index in [1.165, 1.54) is 32.3 Å². The number of anilines is 1. The SMILES string of the molecule is COC(=O)c1ccc(C(=O)OC)c(S(=O)(=O)Nc2cc(S(=O)(=O)N(C)C)cc(C)c2C)c1. The van der Waals surface area contributed by atoms with Crippen molar-refractivity contribution < 1.29 is 35.9 Å². The van der Waals surface area contributed by atoms with Crippen LogP contribution in [0.1, 0.15) is 31.8 Å². The molecule has 0 fully saturated rings. The lowest BCUT2D eigenvalue weighted by atomic mass is 10.1. The molecule has 1 N–H and O–H groups in total. The normalized spacial score (nSPS) is 11.8. The van der Waals surface area contributed by atoms with Gasteiger partial charge in [0.15, 0.2) is 0 Å². The number of carbonyl (C=O) groups is 2.